The van der Waals surface area contributed by atoms with Gasteiger partial charge >= 0.3 is 0 Å². The van der Waals surface area contributed by atoms with Gasteiger partial charge in [-0.25, -0.2) is 0 Å². The van der Waals surface area contributed by atoms with E-state index in [0.717, 1.165) is 12.3 Å². The number of aliphatic hydroxyl groups excluding tert-OH is 1. The minimum absolute atomic E-state index is 0.0125. The Morgan fingerprint density at radius 1 is 1.29 bits per heavy atom. The summed E-state index contributed by atoms with van der Waals surface area (Å²) in [5, 5.41) is 11.9. The van der Waals surface area contributed by atoms with Crippen molar-refractivity contribution in [1.29, 1.82) is 0 Å². The van der Waals surface area contributed by atoms with E-state index in [9.17, 15) is 4.79 Å². The van der Waals surface area contributed by atoms with E-state index in [2.05, 4.69) is 5.32 Å². The van der Waals surface area contributed by atoms with Crippen LogP contribution < -0.4 is 5.32 Å². The van der Waals surface area contributed by atoms with E-state index in [0.29, 0.717) is 6.42 Å². The van der Waals surface area contributed by atoms with Crippen LogP contribution in [-0.4, -0.2) is 23.2 Å². The fraction of sp³-hybridized carbons (Fsp3) is 0.929. The van der Waals surface area contributed by atoms with Crippen molar-refractivity contribution in [2.45, 2.75) is 70.8 Å². The van der Waals surface area contributed by atoms with Gasteiger partial charge in [0.15, 0.2) is 0 Å². The van der Waals surface area contributed by atoms with Gasteiger partial charge in [-0.1, -0.05) is 32.1 Å². The minimum atomic E-state index is -0.484. The molecule has 0 atom stereocenters. The Morgan fingerprint density at radius 2 is 1.94 bits per heavy atom. The summed E-state index contributed by atoms with van der Waals surface area (Å²) in [5.41, 5.74) is -0.484. The van der Waals surface area contributed by atoms with Gasteiger partial charge in [0, 0.05) is 6.42 Å². The molecule has 3 nitrogen and oxygen atoms in total. The molecule has 3 heteroatoms. The molecule has 100 valence electrons. The van der Waals surface area contributed by atoms with E-state index in [1.807, 2.05) is 13.8 Å². The van der Waals surface area contributed by atoms with Gasteiger partial charge in [0.2, 0.25) is 5.91 Å². The summed E-state index contributed by atoms with van der Waals surface area (Å²) in [7, 11) is 0. The lowest BCUT2D eigenvalue weighted by molar-refractivity contribution is -0.123. The quantitative estimate of drug-likeness (QED) is 0.751. The highest BCUT2D eigenvalue weighted by atomic mass is 16.3. The van der Waals surface area contributed by atoms with Crippen LogP contribution in [0.15, 0.2) is 0 Å². The van der Waals surface area contributed by atoms with E-state index in [1.165, 1.54) is 38.5 Å². The molecule has 0 aromatic rings. The smallest absolute Gasteiger partial charge is 0.220 e. The van der Waals surface area contributed by atoms with Crippen LogP contribution >= 0.6 is 0 Å². The zero-order valence-corrected chi connectivity index (χ0v) is 11.3. The van der Waals surface area contributed by atoms with Crippen molar-refractivity contribution in [3.63, 3.8) is 0 Å². The summed E-state index contributed by atoms with van der Waals surface area (Å²) in [6.07, 6.45) is 9.60. The lowest BCUT2D eigenvalue weighted by atomic mass is 9.86. The third-order valence-corrected chi connectivity index (χ3v) is 3.61. The predicted octanol–water partition coefficient (Wildman–Crippen LogP) is 2.62. The van der Waals surface area contributed by atoms with E-state index < -0.39 is 5.54 Å². The second kappa shape index (κ2) is 7.00. The Kier molecular flexibility index (Phi) is 5.96. The number of hydrogen-bond acceptors (Lipinski definition) is 2. The first kappa shape index (κ1) is 14.5. The van der Waals surface area contributed by atoms with Gasteiger partial charge in [-0.2, -0.15) is 0 Å². The van der Waals surface area contributed by atoms with Crippen molar-refractivity contribution in [3.8, 4) is 0 Å². The van der Waals surface area contributed by atoms with Gasteiger partial charge in [-0.05, 0) is 32.6 Å². The summed E-state index contributed by atoms with van der Waals surface area (Å²) in [6.45, 7) is 3.67. The topological polar surface area (TPSA) is 49.3 Å². The molecule has 0 aromatic heterocycles. The number of rotatable bonds is 6. The molecule has 0 saturated heterocycles. The second-order valence-electron chi connectivity index (χ2n) is 5.99. The third-order valence-electron chi connectivity index (χ3n) is 3.61. The average Bonchev–Trinajstić information content (AvgIpc) is 2.30. The van der Waals surface area contributed by atoms with Crippen molar-refractivity contribution in [1.82, 2.24) is 5.32 Å². The first-order chi connectivity index (χ1) is 8.03. The number of carbonyl (C=O) groups excluding carboxylic acids is 1. The van der Waals surface area contributed by atoms with Crippen molar-refractivity contribution < 1.29 is 9.90 Å². The summed E-state index contributed by atoms with van der Waals surface area (Å²) in [6, 6.07) is 0. The molecule has 0 spiro atoms. The molecule has 0 unspecified atom stereocenters. The molecule has 1 amide bonds. The molecule has 0 radical (unpaired) electrons. The van der Waals surface area contributed by atoms with Crippen LogP contribution in [0.2, 0.25) is 0 Å². The summed E-state index contributed by atoms with van der Waals surface area (Å²) < 4.78 is 0. The van der Waals surface area contributed by atoms with Crippen LogP contribution in [0.1, 0.15) is 65.2 Å². The van der Waals surface area contributed by atoms with Crippen LogP contribution in [0, 0.1) is 5.92 Å². The Morgan fingerprint density at radius 3 is 2.53 bits per heavy atom. The van der Waals surface area contributed by atoms with Gasteiger partial charge in [0.1, 0.15) is 0 Å². The minimum Gasteiger partial charge on any atom is -0.394 e. The maximum absolute atomic E-state index is 11.6. The van der Waals surface area contributed by atoms with Crippen molar-refractivity contribution in [2.75, 3.05) is 6.61 Å². The fourth-order valence-electron chi connectivity index (χ4n) is 2.51. The largest absolute Gasteiger partial charge is 0.394 e. The molecule has 1 aliphatic carbocycles. The molecule has 1 fully saturated rings. The Labute approximate surface area is 105 Å². The SMILES string of the molecule is CC(C)(CO)NC(=O)CCCC1CCCCC1. The third kappa shape index (κ3) is 6.06. The molecule has 0 aliphatic heterocycles. The van der Waals surface area contributed by atoms with Gasteiger partial charge < -0.3 is 10.4 Å². The lowest BCUT2D eigenvalue weighted by Gasteiger charge is -2.24. The van der Waals surface area contributed by atoms with E-state index >= 15 is 0 Å². The molecule has 17 heavy (non-hydrogen) atoms. The average molecular weight is 241 g/mol. The van der Waals surface area contributed by atoms with Crippen LogP contribution in [0.5, 0.6) is 0 Å². The van der Waals surface area contributed by atoms with Crippen LogP contribution in [-0.2, 0) is 4.79 Å². The predicted molar refractivity (Wildman–Crippen MR) is 69.7 cm³/mol. The van der Waals surface area contributed by atoms with Crippen LogP contribution in [0.4, 0.5) is 0 Å². The second-order valence-corrected chi connectivity index (χ2v) is 5.99. The van der Waals surface area contributed by atoms with Gasteiger partial charge in [0.25, 0.3) is 0 Å². The maximum Gasteiger partial charge on any atom is 0.220 e. The van der Waals surface area contributed by atoms with E-state index in [-0.39, 0.29) is 12.5 Å². The molecule has 1 aliphatic rings. The first-order valence-corrected chi connectivity index (χ1v) is 6.95. The number of amides is 1. The standard InChI is InChI=1S/C14H27NO2/c1-14(2,11-16)15-13(17)10-6-9-12-7-4-3-5-8-12/h12,16H,3-11H2,1-2H3,(H,15,17). The highest BCUT2D eigenvalue weighted by Gasteiger charge is 2.19. The summed E-state index contributed by atoms with van der Waals surface area (Å²) in [4.78, 5) is 11.6. The van der Waals surface area contributed by atoms with Crippen LogP contribution in [0.3, 0.4) is 0 Å². The Bertz CT molecular complexity index is 232. The molecule has 1 rings (SSSR count). The van der Waals surface area contributed by atoms with Gasteiger partial charge in [0.05, 0.1) is 12.1 Å². The molecule has 0 bridgehead atoms. The van der Waals surface area contributed by atoms with Gasteiger partial charge in [-0.15, -0.1) is 0 Å². The lowest BCUT2D eigenvalue weighted by Crippen LogP contribution is -2.46. The highest BCUT2D eigenvalue weighted by molar-refractivity contribution is 5.76. The molecule has 1 saturated carbocycles. The normalized spacial score (nSPS) is 18.1. The number of nitrogens with one attached hydrogen (secondary N) is 1. The Hall–Kier alpha value is -0.570. The molecule has 0 aromatic carbocycles. The first-order valence-electron chi connectivity index (χ1n) is 6.95. The maximum atomic E-state index is 11.6. The number of carbonyl (C=O) groups is 1. The summed E-state index contributed by atoms with van der Waals surface area (Å²) in [5.74, 6) is 0.919. The van der Waals surface area contributed by atoms with Crippen molar-refractivity contribution >= 4 is 5.91 Å². The molecule has 0 heterocycles. The van der Waals surface area contributed by atoms with Crippen LogP contribution in [0.25, 0.3) is 0 Å². The Balaban J connectivity index is 2.11. The fourth-order valence-corrected chi connectivity index (χ4v) is 2.51. The molecular formula is C14H27NO2. The van der Waals surface area contributed by atoms with E-state index in [4.69, 9.17) is 5.11 Å². The monoisotopic (exact) mass is 241 g/mol. The van der Waals surface area contributed by atoms with E-state index in [1.54, 1.807) is 0 Å². The molecular weight excluding hydrogens is 214 g/mol. The van der Waals surface area contributed by atoms with Crippen molar-refractivity contribution in [2.24, 2.45) is 5.92 Å². The molecule has 2 N–H and O–H groups in total. The highest BCUT2D eigenvalue weighted by Crippen LogP contribution is 2.27. The summed E-state index contributed by atoms with van der Waals surface area (Å²) >= 11 is 0. The number of hydrogen-bond donors (Lipinski definition) is 2. The van der Waals surface area contributed by atoms with Crippen molar-refractivity contribution in [3.05, 3.63) is 0 Å². The number of aliphatic hydroxyl groups is 1. The van der Waals surface area contributed by atoms with Gasteiger partial charge in [-0.3, -0.25) is 4.79 Å². The zero-order valence-electron chi connectivity index (χ0n) is 11.3. The zero-order chi connectivity index (χ0) is 12.7.